The molecule has 1 atom stereocenters. The summed E-state index contributed by atoms with van der Waals surface area (Å²) in [6.07, 6.45) is 6.75. The van der Waals surface area contributed by atoms with Gasteiger partial charge in [0, 0.05) is 6.54 Å². The van der Waals surface area contributed by atoms with E-state index in [1.54, 1.807) is 11.1 Å². The summed E-state index contributed by atoms with van der Waals surface area (Å²) in [7, 11) is 0. The van der Waals surface area contributed by atoms with Gasteiger partial charge in [0.1, 0.15) is 0 Å². The third-order valence-corrected chi connectivity index (χ3v) is 4.69. The van der Waals surface area contributed by atoms with Crippen molar-refractivity contribution in [2.75, 3.05) is 26.2 Å². The summed E-state index contributed by atoms with van der Waals surface area (Å²) in [5, 5.41) is 3.53. The summed E-state index contributed by atoms with van der Waals surface area (Å²) in [4.78, 5) is 2.67. The number of benzene rings is 1. The summed E-state index contributed by atoms with van der Waals surface area (Å²) in [6, 6.07) is 9.00. The molecule has 104 valence electrons. The molecular formula is C17H26N2. The predicted molar refractivity (Wildman–Crippen MR) is 80.3 cm³/mol. The van der Waals surface area contributed by atoms with Crippen LogP contribution in [0.2, 0.25) is 0 Å². The van der Waals surface area contributed by atoms with E-state index in [1.165, 1.54) is 58.3 Å². The molecule has 1 saturated heterocycles. The summed E-state index contributed by atoms with van der Waals surface area (Å²) in [5.74, 6) is 0.909. The van der Waals surface area contributed by atoms with E-state index in [-0.39, 0.29) is 0 Å². The van der Waals surface area contributed by atoms with Crippen molar-refractivity contribution in [3.05, 3.63) is 35.4 Å². The first-order chi connectivity index (χ1) is 9.42. The molecule has 2 heteroatoms. The van der Waals surface area contributed by atoms with Crippen LogP contribution in [0.15, 0.2) is 24.3 Å². The van der Waals surface area contributed by atoms with Crippen molar-refractivity contribution in [1.82, 2.24) is 10.2 Å². The van der Waals surface area contributed by atoms with Crippen molar-refractivity contribution >= 4 is 0 Å². The van der Waals surface area contributed by atoms with E-state index in [2.05, 4.69) is 34.5 Å². The highest BCUT2D eigenvalue weighted by Crippen LogP contribution is 2.20. The quantitative estimate of drug-likeness (QED) is 0.897. The van der Waals surface area contributed by atoms with E-state index in [1.807, 2.05) is 0 Å². The van der Waals surface area contributed by atoms with E-state index in [0.29, 0.717) is 0 Å². The minimum absolute atomic E-state index is 0.909. The molecule has 1 aromatic rings. The van der Waals surface area contributed by atoms with Crippen molar-refractivity contribution in [3.8, 4) is 0 Å². The Morgan fingerprint density at radius 1 is 1.16 bits per heavy atom. The van der Waals surface area contributed by atoms with Crippen molar-refractivity contribution in [2.45, 2.75) is 38.6 Å². The van der Waals surface area contributed by atoms with E-state index in [9.17, 15) is 0 Å². The van der Waals surface area contributed by atoms with Crippen LogP contribution in [0.4, 0.5) is 0 Å². The number of nitrogens with one attached hydrogen (secondary N) is 1. The molecule has 1 aromatic carbocycles. The van der Waals surface area contributed by atoms with Crippen LogP contribution in [0.1, 0.15) is 36.8 Å². The fraction of sp³-hybridized carbons (Fsp3) is 0.647. The molecule has 0 spiro atoms. The van der Waals surface area contributed by atoms with Crippen LogP contribution in [-0.2, 0) is 13.0 Å². The Kier molecular flexibility index (Phi) is 4.52. The fourth-order valence-electron chi connectivity index (χ4n) is 3.50. The molecule has 1 unspecified atom stereocenters. The van der Waals surface area contributed by atoms with Crippen molar-refractivity contribution < 1.29 is 0 Å². The monoisotopic (exact) mass is 258 g/mol. The average Bonchev–Trinajstić information content (AvgIpc) is 2.68. The van der Waals surface area contributed by atoms with Gasteiger partial charge in [-0.2, -0.15) is 0 Å². The van der Waals surface area contributed by atoms with Crippen LogP contribution in [0.5, 0.6) is 0 Å². The summed E-state index contributed by atoms with van der Waals surface area (Å²) in [6.45, 7) is 6.18. The summed E-state index contributed by atoms with van der Waals surface area (Å²) < 4.78 is 0. The molecule has 3 rings (SSSR count). The van der Waals surface area contributed by atoms with Crippen LogP contribution in [0, 0.1) is 5.92 Å². The number of rotatable bonds is 3. The second kappa shape index (κ2) is 6.53. The number of fused-ring (bicyclic) bond motifs is 1. The van der Waals surface area contributed by atoms with E-state index in [4.69, 9.17) is 0 Å². The lowest BCUT2D eigenvalue weighted by atomic mass is 9.96. The lowest BCUT2D eigenvalue weighted by Crippen LogP contribution is -2.33. The molecule has 2 aliphatic rings. The minimum Gasteiger partial charge on any atom is -0.316 e. The number of hydrogen-bond acceptors (Lipinski definition) is 2. The predicted octanol–water partition coefficient (Wildman–Crippen LogP) is 2.82. The van der Waals surface area contributed by atoms with Crippen LogP contribution in [0.3, 0.4) is 0 Å². The molecule has 0 amide bonds. The molecule has 0 saturated carbocycles. The largest absolute Gasteiger partial charge is 0.316 e. The second-order valence-electron chi connectivity index (χ2n) is 6.15. The number of piperidine rings is 1. The molecule has 2 nitrogen and oxygen atoms in total. The standard InChI is InChI=1S/C17H26N2/c1-2-7-17-14-19(11-4-8-16(17)6-1)12-9-15-5-3-10-18-13-15/h1-2,6-7,15,18H,3-5,8-14H2. The van der Waals surface area contributed by atoms with Crippen LogP contribution < -0.4 is 5.32 Å². The zero-order valence-electron chi connectivity index (χ0n) is 11.9. The normalized spacial score (nSPS) is 24.7. The first kappa shape index (κ1) is 13.1. The van der Waals surface area contributed by atoms with Gasteiger partial charge >= 0.3 is 0 Å². The van der Waals surface area contributed by atoms with Gasteiger partial charge in [0.25, 0.3) is 0 Å². The van der Waals surface area contributed by atoms with E-state index in [0.717, 1.165) is 12.5 Å². The van der Waals surface area contributed by atoms with Crippen LogP contribution in [0.25, 0.3) is 0 Å². The van der Waals surface area contributed by atoms with Crippen molar-refractivity contribution in [2.24, 2.45) is 5.92 Å². The Morgan fingerprint density at radius 3 is 2.89 bits per heavy atom. The maximum absolute atomic E-state index is 3.53. The lowest BCUT2D eigenvalue weighted by molar-refractivity contribution is 0.232. The first-order valence-corrected chi connectivity index (χ1v) is 7.91. The number of hydrogen-bond donors (Lipinski definition) is 1. The van der Waals surface area contributed by atoms with E-state index >= 15 is 0 Å². The molecule has 0 aliphatic carbocycles. The third-order valence-electron chi connectivity index (χ3n) is 4.69. The Bertz CT molecular complexity index is 396. The van der Waals surface area contributed by atoms with Gasteiger partial charge in [-0.15, -0.1) is 0 Å². The fourth-order valence-corrected chi connectivity index (χ4v) is 3.50. The second-order valence-corrected chi connectivity index (χ2v) is 6.15. The Balaban J connectivity index is 1.54. The van der Waals surface area contributed by atoms with Gasteiger partial charge in [-0.1, -0.05) is 24.3 Å². The van der Waals surface area contributed by atoms with E-state index < -0.39 is 0 Å². The van der Waals surface area contributed by atoms with Crippen molar-refractivity contribution in [1.29, 1.82) is 0 Å². The highest BCUT2D eigenvalue weighted by molar-refractivity contribution is 5.27. The van der Waals surface area contributed by atoms with Gasteiger partial charge in [0.2, 0.25) is 0 Å². The topological polar surface area (TPSA) is 15.3 Å². The molecular weight excluding hydrogens is 232 g/mol. The Morgan fingerprint density at radius 2 is 2.05 bits per heavy atom. The lowest BCUT2D eigenvalue weighted by Gasteiger charge is -2.26. The van der Waals surface area contributed by atoms with Crippen LogP contribution in [-0.4, -0.2) is 31.1 Å². The molecule has 1 fully saturated rings. The molecule has 0 aromatic heterocycles. The molecule has 0 radical (unpaired) electrons. The van der Waals surface area contributed by atoms with Gasteiger partial charge < -0.3 is 5.32 Å². The summed E-state index contributed by atoms with van der Waals surface area (Å²) >= 11 is 0. The highest BCUT2D eigenvalue weighted by atomic mass is 15.1. The average molecular weight is 258 g/mol. The first-order valence-electron chi connectivity index (χ1n) is 7.91. The molecule has 2 heterocycles. The molecule has 0 bridgehead atoms. The highest BCUT2D eigenvalue weighted by Gasteiger charge is 2.17. The zero-order valence-corrected chi connectivity index (χ0v) is 11.9. The maximum Gasteiger partial charge on any atom is 0.0236 e. The molecule has 2 aliphatic heterocycles. The SMILES string of the molecule is c1ccc2c(c1)CCCN(CCC1CCCNC1)C2. The van der Waals surface area contributed by atoms with Gasteiger partial charge in [-0.3, -0.25) is 4.90 Å². The van der Waals surface area contributed by atoms with Crippen LogP contribution >= 0.6 is 0 Å². The van der Waals surface area contributed by atoms with Crippen molar-refractivity contribution in [3.63, 3.8) is 0 Å². The van der Waals surface area contributed by atoms with Gasteiger partial charge in [0.05, 0.1) is 0 Å². The van der Waals surface area contributed by atoms with Gasteiger partial charge in [-0.05, 0) is 75.3 Å². The summed E-state index contributed by atoms with van der Waals surface area (Å²) in [5.41, 5.74) is 3.13. The minimum atomic E-state index is 0.909. The smallest absolute Gasteiger partial charge is 0.0236 e. The maximum atomic E-state index is 3.53. The molecule has 1 N–H and O–H groups in total. The number of aryl methyl sites for hydroxylation is 1. The zero-order chi connectivity index (χ0) is 12.9. The van der Waals surface area contributed by atoms with Gasteiger partial charge in [-0.25, -0.2) is 0 Å². The number of nitrogens with zero attached hydrogens (tertiary/aromatic N) is 1. The third kappa shape index (κ3) is 3.58. The Hall–Kier alpha value is -0.860. The van der Waals surface area contributed by atoms with Gasteiger partial charge in [0.15, 0.2) is 0 Å². The Labute approximate surface area is 117 Å². The molecule has 19 heavy (non-hydrogen) atoms.